The van der Waals surface area contributed by atoms with Gasteiger partial charge in [0.1, 0.15) is 5.41 Å². The van der Waals surface area contributed by atoms with E-state index in [1.807, 2.05) is 0 Å². The molecule has 1 aliphatic carbocycles. The Morgan fingerprint density at radius 1 is 1.24 bits per heavy atom. The van der Waals surface area contributed by atoms with Crippen molar-refractivity contribution < 1.29 is 19.5 Å². The van der Waals surface area contributed by atoms with Crippen LogP contribution in [0.15, 0.2) is 5.16 Å². The lowest BCUT2D eigenvalue weighted by Gasteiger charge is -2.35. The first kappa shape index (κ1) is 14.6. The van der Waals surface area contributed by atoms with Crippen molar-refractivity contribution in [3.05, 3.63) is 0 Å². The number of hydrogen-bond donors (Lipinski definition) is 3. The Kier molecular flexibility index (Phi) is 4.03. The third-order valence-electron chi connectivity index (χ3n) is 4.92. The van der Waals surface area contributed by atoms with E-state index in [4.69, 9.17) is 20.4 Å². The van der Waals surface area contributed by atoms with Crippen LogP contribution in [-0.2, 0) is 14.3 Å². The number of nitrogens with one attached hydrogen (secondary N) is 1. The van der Waals surface area contributed by atoms with E-state index in [9.17, 15) is 4.79 Å². The minimum atomic E-state index is -0.955. The van der Waals surface area contributed by atoms with Crippen LogP contribution in [0, 0.1) is 11.3 Å². The zero-order valence-corrected chi connectivity index (χ0v) is 12.1. The normalized spacial score (nSPS) is 32.9. The van der Waals surface area contributed by atoms with E-state index in [2.05, 4.69) is 10.5 Å². The highest BCUT2D eigenvalue weighted by molar-refractivity contribution is 6.07. The smallest absolute Gasteiger partial charge is 0.234 e. The molecule has 7 heteroatoms. The number of rotatable bonds is 4. The molecule has 2 unspecified atom stereocenters. The number of hydrogen-bond acceptors (Lipinski definition) is 5. The maximum Gasteiger partial charge on any atom is 0.234 e. The van der Waals surface area contributed by atoms with Crippen LogP contribution in [0.4, 0.5) is 0 Å². The molecule has 0 aromatic rings. The van der Waals surface area contributed by atoms with Gasteiger partial charge in [-0.3, -0.25) is 4.79 Å². The maximum absolute atomic E-state index is 12.8. The molecular weight excluding hydrogens is 274 g/mol. The van der Waals surface area contributed by atoms with Crippen molar-refractivity contribution in [2.45, 2.75) is 44.2 Å². The molecule has 3 rings (SSSR count). The average molecular weight is 297 g/mol. The first-order valence-corrected chi connectivity index (χ1v) is 7.66. The minimum Gasteiger partial charge on any atom is -0.409 e. The molecule has 2 saturated heterocycles. The van der Waals surface area contributed by atoms with Crippen LogP contribution in [0.2, 0.25) is 0 Å². The molecular formula is C14H23N3O4. The highest BCUT2D eigenvalue weighted by Crippen LogP contribution is 2.39. The number of carbonyl (C=O) groups is 1. The Morgan fingerprint density at radius 2 is 1.95 bits per heavy atom. The number of ether oxygens (including phenoxy) is 2. The molecule has 21 heavy (non-hydrogen) atoms. The molecule has 3 aliphatic rings. The second-order valence-corrected chi connectivity index (χ2v) is 6.22. The Labute approximate surface area is 123 Å². The van der Waals surface area contributed by atoms with Crippen molar-refractivity contribution >= 4 is 11.7 Å². The molecule has 3 fully saturated rings. The fourth-order valence-corrected chi connectivity index (χ4v) is 3.38. The minimum absolute atomic E-state index is 0.0230. The van der Waals surface area contributed by atoms with Crippen molar-refractivity contribution in [3.63, 3.8) is 0 Å². The number of amidine groups is 1. The SMILES string of the molecule is NC(=NO)C1(C(=O)NC2CCOC2C2CC2)CCOCC1. The van der Waals surface area contributed by atoms with Crippen LogP contribution in [0.3, 0.4) is 0 Å². The standard InChI is InChI=1S/C14H23N3O4/c15-12(17-19)14(4-7-20-8-5-14)13(18)16-10-3-6-21-11(10)9-1-2-9/h9-11,19H,1-8H2,(H2,15,17)(H,16,18). The molecule has 118 valence electrons. The highest BCUT2D eigenvalue weighted by atomic mass is 16.5. The summed E-state index contributed by atoms with van der Waals surface area (Å²) in [4.78, 5) is 12.8. The topological polar surface area (TPSA) is 106 Å². The third kappa shape index (κ3) is 2.72. The first-order valence-electron chi connectivity index (χ1n) is 7.66. The van der Waals surface area contributed by atoms with Gasteiger partial charge < -0.3 is 25.7 Å². The number of nitrogens with two attached hydrogens (primary N) is 1. The van der Waals surface area contributed by atoms with Gasteiger partial charge >= 0.3 is 0 Å². The maximum atomic E-state index is 12.8. The zero-order valence-electron chi connectivity index (χ0n) is 12.1. The van der Waals surface area contributed by atoms with Crippen LogP contribution < -0.4 is 11.1 Å². The quantitative estimate of drug-likeness (QED) is 0.298. The monoisotopic (exact) mass is 297 g/mol. The summed E-state index contributed by atoms with van der Waals surface area (Å²) >= 11 is 0. The number of amides is 1. The van der Waals surface area contributed by atoms with Gasteiger partial charge in [-0.1, -0.05) is 5.16 Å². The van der Waals surface area contributed by atoms with Crippen molar-refractivity contribution in [1.82, 2.24) is 5.32 Å². The molecule has 2 atom stereocenters. The van der Waals surface area contributed by atoms with Gasteiger partial charge in [-0.15, -0.1) is 0 Å². The van der Waals surface area contributed by atoms with Gasteiger partial charge in [-0.2, -0.15) is 0 Å². The summed E-state index contributed by atoms with van der Waals surface area (Å²) < 4.78 is 11.1. The number of carbonyl (C=O) groups excluding carboxylic acids is 1. The van der Waals surface area contributed by atoms with E-state index < -0.39 is 5.41 Å². The summed E-state index contributed by atoms with van der Waals surface area (Å²) in [5, 5.41) is 15.2. The molecule has 1 amide bonds. The second kappa shape index (κ2) is 5.81. The zero-order chi connectivity index (χ0) is 14.9. The second-order valence-electron chi connectivity index (χ2n) is 6.22. The van der Waals surface area contributed by atoms with E-state index in [-0.39, 0.29) is 23.9 Å². The van der Waals surface area contributed by atoms with Gasteiger partial charge in [0.25, 0.3) is 0 Å². The van der Waals surface area contributed by atoms with Crippen molar-refractivity contribution in [2.24, 2.45) is 22.2 Å². The molecule has 1 saturated carbocycles. The summed E-state index contributed by atoms with van der Waals surface area (Å²) in [6.45, 7) is 1.57. The summed E-state index contributed by atoms with van der Waals surface area (Å²) in [6.07, 6.45) is 4.19. The Hall–Kier alpha value is -1.34. The summed E-state index contributed by atoms with van der Waals surface area (Å²) in [5.74, 6) is 0.389. The van der Waals surface area contributed by atoms with Gasteiger partial charge in [-0.25, -0.2) is 0 Å². The molecule has 4 N–H and O–H groups in total. The van der Waals surface area contributed by atoms with Crippen LogP contribution in [0.5, 0.6) is 0 Å². The number of oxime groups is 1. The van der Waals surface area contributed by atoms with Gasteiger partial charge in [-0.05, 0) is 38.0 Å². The largest absolute Gasteiger partial charge is 0.409 e. The lowest BCUT2D eigenvalue weighted by Crippen LogP contribution is -2.56. The predicted molar refractivity (Wildman–Crippen MR) is 74.9 cm³/mol. The summed E-state index contributed by atoms with van der Waals surface area (Å²) in [5.41, 5.74) is 4.86. The molecule has 0 radical (unpaired) electrons. The molecule has 0 spiro atoms. The molecule has 7 nitrogen and oxygen atoms in total. The van der Waals surface area contributed by atoms with Gasteiger partial charge in [0, 0.05) is 19.8 Å². The van der Waals surface area contributed by atoms with Crippen LogP contribution in [-0.4, -0.2) is 48.9 Å². The lowest BCUT2D eigenvalue weighted by molar-refractivity contribution is -0.132. The summed E-state index contributed by atoms with van der Waals surface area (Å²) in [7, 11) is 0. The Morgan fingerprint density at radius 3 is 2.57 bits per heavy atom. The summed E-state index contributed by atoms with van der Waals surface area (Å²) in [6, 6.07) is 0.0382. The van der Waals surface area contributed by atoms with E-state index in [1.165, 1.54) is 12.8 Å². The van der Waals surface area contributed by atoms with E-state index in [0.29, 0.717) is 38.6 Å². The Bertz CT molecular complexity index is 430. The predicted octanol–water partition coefficient (Wildman–Crippen LogP) is 0.213. The van der Waals surface area contributed by atoms with E-state index >= 15 is 0 Å². The van der Waals surface area contributed by atoms with E-state index in [1.54, 1.807) is 0 Å². The lowest BCUT2D eigenvalue weighted by atomic mass is 9.77. The average Bonchev–Trinajstić information content (AvgIpc) is 3.27. The van der Waals surface area contributed by atoms with Crippen LogP contribution in [0.1, 0.15) is 32.1 Å². The van der Waals surface area contributed by atoms with Crippen molar-refractivity contribution in [3.8, 4) is 0 Å². The number of nitrogens with zero attached hydrogens (tertiary/aromatic N) is 1. The van der Waals surface area contributed by atoms with E-state index in [0.717, 1.165) is 6.42 Å². The Balaban J connectivity index is 1.72. The molecule has 2 heterocycles. The van der Waals surface area contributed by atoms with Crippen molar-refractivity contribution in [1.29, 1.82) is 0 Å². The van der Waals surface area contributed by atoms with Gasteiger partial charge in [0.2, 0.25) is 5.91 Å². The van der Waals surface area contributed by atoms with Crippen LogP contribution >= 0.6 is 0 Å². The molecule has 0 aromatic heterocycles. The highest BCUT2D eigenvalue weighted by Gasteiger charge is 2.47. The van der Waals surface area contributed by atoms with Gasteiger partial charge in [0.05, 0.1) is 12.1 Å². The van der Waals surface area contributed by atoms with Crippen LogP contribution in [0.25, 0.3) is 0 Å². The fourth-order valence-electron chi connectivity index (χ4n) is 3.38. The van der Waals surface area contributed by atoms with Crippen molar-refractivity contribution in [2.75, 3.05) is 19.8 Å². The molecule has 0 bridgehead atoms. The molecule has 0 aromatic carbocycles. The van der Waals surface area contributed by atoms with Gasteiger partial charge in [0.15, 0.2) is 5.84 Å². The first-order chi connectivity index (χ1) is 10.2. The molecule has 2 aliphatic heterocycles. The fraction of sp³-hybridized carbons (Fsp3) is 0.857. The third-order valence-corrected chi connectivity index (χ3v) is 4.92.